The SMILES string of the molecule is CCNC(=NCC(O)c1cc2ccccc2s1)NCCCCC(=O)OC.I. The fraction of sp³-hybridized carbons (Fsp3) is 0.474. The highest BCUT2D eigenvalue weighted by molar-refractivity contribution is 14.0. The number of hydrogen-bond donors (Lipinski definition) is 3. The van der Waals surface area contributed by atoms with Gasteiger partial charge in [0.15, 0.2) is 5.96 Å². The molecule has 2 aromatic rings. The summed E-state index contributed by atoms with van der Waals surface area (Å²) in [5, 5.41) is 18.0. The fourth-order valence-electron chi connectivity index (χ4n) is 2.48. The minimum atomic E-state index is -0.623. The average Bonchev–Trinajstić information content (AvgIpc) is 3.09. The lowest BCUT2D eigenvalue weighted by atomic mass is 10.2. The van der Waals surface area contributed by atoms with E-state index < -0.39 is 6.10 Å². The van der Waals surface area contributed by atoms with Crippen molar-refractivity contribution in [1.82, 2.24) is 10.6 Å². The molecule has 3 N–H and O–H groups in total. The highest BCUT2D eigenvalue weighted by Crippen LogP contribution is 2.29. The first-order valence-corrected chi connectivity index (χ1v) is 9.71. The Bertz CT molecular complexity index is 703. The van der Waals surface area contributed by atoms with Gasteiger partial charge >= 0.3 is 5.97 Å². The lowest BCUT2D eigenvalue weighted by Crippen LogP contribution is -2.38. The molecule has 0 amide bonds. The van der Waals surface area contributed by atoms with Crippen LogP contribution in [0, 0.1) is 0 Å². The van der Waals surface area contributed by atoms with E-state index in [1.54, 1.807) is 11.3 Å². The topological polar surface area (TPSA) is 83.0 Å². The van der Waals surface area contributed by atoms with Gasteiger partial charge in [-0.3, -0.25) is 9.79 Å². The van der Waals surface area contributed by atoms with Crippen molar-refractivity contribution in [3.63, 3.8) is 0 Å². The number of aliphatic hydroxyl groups excluding tert-OH is 1. The van der Waals surface area contributed by atoms with Crippen LogP contribution in [0.2, 0.25) is 0 Å². The van der Waals surface area contributed by atoms with Gasteiger partial charge in [0.2, 0.25) is 0 Å². The molecule has 0 fully saturated rings. The summed E-state index contributed by atoms with van der Waals surface area (Å²) >= 11 is 1.60. The highest BCUT2D eigenvalue weighted by Gasteiger charge is 2.11. The van der Waals surface area contributed by atoms with Crippen LogP contribution in [0.3, 0.4) is 0 Å². The van der Waals surface area contributed by atoms with Crippen LogP contribution in [0.4, 0.5) is 0 Å². The van der Waals surface area contributed by atoms with Crippen LogP contribution < -0.4 is 10.6 Å². The van der Waals surface area contributed by atoms with Crippen molar-refractivity contribution in [3.05, 3.63) is 35.2 Å². The van der Waals surface area contributed by atoms with Gasteiger partial charge in [0.25, 0.3) is 0 Å². The van der Waals surface area contributed by atoms with E-state index in [1.165, 1.54) is 11.8 Å². The number of benzene rings is 1. The van der Waals surface area contributed by atoms with Gasteiger partial charge < -0.3 is 20.5 Å². The number of carbonyl (C=O) groups is 1. The maximum absolute atomic E-state index is 11.1. The largest absolute Gasteiger partial charge is 0.469 e. The Hall–Kier alpha value is -1.39. The maximum atomic E-state index is 11.1. The summed E-state index contributed by atoms with van der Waals surface area (Å²) < 4.78 is 5.79. The van der Waals surface area contributed by atoms with Crippen molar-refractivity contribution in [2.45, 2.75) is 32.3 Å². The number of unbranched alkanes of at least 4 members (excludes halogenated alkanes) is 1. The molecule has 0 saturated heterocycles. The Balaban J connectivity index is 0.00000364. The van der Waals surface area contributed by atoms with Crippen molar-refractivity contribution >= 4 is 57.3 Å². The van der Waals surface area contributed by atoms with Crippen LogP contribution in [0.5, 0.6) is 0 Å². The molecule has 0 aliphatic heterocycles. The second-order valence-corrected chi connectivity index (χ2v) is 7.00. The van der Waals surface area contributed by atoms with Gasteiger partial charge in [0.1, 0.15) is 6.10 Å². The summed E-state index contributed by atoms with van der Waals surface area (Å²) in [7, 11) is 1.40. The predicted octanol–water partition coefficient (Wildman–Crippen LogP) is 3.45. The number of aliphatic hydroxyl groups is 1. The normalized spacial score (nSPS) is 12.3. The van der Waals surface area contributed by atoms with Gasteiger partial charge in [-0.25, -0.2) is 0 Å². The Morgan fingerprint density at radius 1 is 1.30 bits per heavy atom. The zero-order valence-electron chi connectivity index (χ0n) is 15.7. The summed E-state index contributed by atoms with van der Waals surface area (Å²) in [6.45, 7) is 3.75. The quantitative estimate of drug-likeness (QED) is 0.160. The van der Waals surface area contributed by atoms with Gasteiger partial charge in [0, 0.05) is 29.1 Å². The number of aliphatic imine (C=N–C) groups is 1. The number of nitrogens with zero attached hydrogens (tertiary/aromatic N) is 1. The van der Waals surface area contributed by atoms with E-state index in [2.05, 4.69) is 26.4 Å². The maximum Gasteiger partial charge on any atom is 0.305 e. The summed E-state index contributed by atoms with van der Waals surface area (Å²) in [5.41, 5.74) is 0. The lowest BCUT2D eigenvalue weighted by molar-refractivity contribution is -0.140. The van der Waals surface area contributed by atoms with E-state index >= 15 is 0 Å². The third-order valence-electron chi connectivity index (χ3n) is 3.87. The Morgan fingerprint density at radius 2 is 2.07 bits per heavy atom. The minimum Gasteiger partial charge on any atom is -0.469 e. The van der Waals surface area contributed by atoms with E-state index in [9.17, 15) is 9.90 Å². The molecule has 27 heavy (non-hydrogen) atoms. The van der Waals surface area contributed by atoms with Gasteiger partial charge in [-0.05, 0) is 37.3 Å². The van der Waals surface area contributed by atoms with Gasteiger partial charge in [-0.1, -0.05) is 18.2 Å². The predicted molar refractivity (Wildman–Crippen MR) is 122 cm³/mol. The number of methoxy groups -OCH3 is 1. The number of guanidine groups is 1. The van der Waals surface area contributed by atoms with E-state index in [1.807, 2.05) is 31.2 Å². The summed E-state index contributed by atoms with van der Waals surface area (Å²) in [4.78, 5) is 16.5. The zero-order chi connectivity index (χ0) is 18.8. The number of ether oxygens (including phenoxy) is 1. The average molecular weight is 505 g/mol. The van der Waals surface area contributed by atoms with Crippen LogP contribution in [0.1, 0.15) is 37.2 Å². The highest BCUT2D eigenvalue weighted by atomic mass is 127. The number of halogens is 1. The monoisotopic (exact) mass is 505 g/mol. The first-order valence-electron chi connectivity index (χ1n) is 8.89. The minimum absolute atomic E-state index is 0. The third kappa shape index (κ3) is 8.02. The molecule has 0 aliphatic rings. The molecule has 1 heterocycles. The number of rotatable bonds is 9. The van der Waals surface area contributed by atoms with Gasteiger partial charge in [-0.15, -0.1) is 35.3 Å². The van der Waals surface area contributed by atoms with Crippen LogP contribution in [0.25, 0.3) is 10.1 Å². The molecule has 2 rings (SSSR count). The van der Waals surface area contributed by atoms with E-state index in [0.717, 1.165) is 29.6 Å². The van der Waals surface area contributed by atoms with Gasteiger partial charge in [0.05, 0.1) is 13.7 Å². The molecule has 0 radical (unpaired) electrons. The van der Waals surface area contributed by atoms with Crippen molar-refractivity contribution in [1.29, 1.82) is 0 Å². The first-order chi connectivity index (χ1) is 12.6. The standard InChI is InChI=1S/C19H27N3O3S.HI/c1-3-20-19(21-11-7-6-10-18(24)25-2)22-13-15(23)17-12-14-8-4-5-9-16(14)26-17;/h4-5,8-9,12,15,23H,3,6-7,10-11,13H2,1-2H3,(H2,20,21,22);1H. The number of esters is 1. The van der Waals surface area contributed by atoms with Crippen LogP contribution in [0.15, 0.2) is 35.3 Å². The molecular weight excluding hydrogens is 477 g/mol. The van der Waals surface area contributed by atoms with Crippen LogP contribution in [-0.4, -0.2) is 43.8 Å². The van der Waals surface area contributed by atoms with E-state index in [-0.39, 0.29) is 29.9 Å². The zero-order valence-corrected chi connectivity index (χ0v) is 18.9. The molecule has 0 saturated carbocycles. The van der Waals surface area contributed by atoms with Gasteiger partial charge in [-0.2, -0.15) is 0 Å². The summed E-state index contributed by atoms with van der Waals surface area (Å²) in [5.74, 6) is 0.489. The van der Waals surface area contributed by atoms with Crippen LogP contribution in [-0.2, 0) is 9.53 Å². The molecule has 0 aliphatic carbocycles. The van der Waals surface area contributed by atoms with E-state index in [4.69, 9.17) is 0 Å². The fourth-order valence-corrected chi connectivity index (χ4v) is 3.52. The number of thiophene rings is 1. The Kier molecular flexibility index (Phi) is 11.3. The molecule has 1 unspecified atom stereocenters. The third-order valence-corrected chi connectivity index (χ3v) is 5.08. The van der Waals surface area contributed by atoms with E-state index in [0.29, 0.717) is 25.5 Å². The number of carbonyl (C=O) groups excluding carboxylic acids is 1. The summed E-state index contributed by atoms with van der Waals surface area (Å²) in [6, 6.07) is 10.1. The molecule has 6 nitrogen and oxygen atoms in total. The lowest BCUT2D eigenvalue weighted by Gasteiger charge is -2.12. The molecule has 1 aromatic carbocycles. The van der Waals surface area contributed by atoms with Crippen molar-refractivity contribution < 1.29 is 14.6 Å². The second kappa shape index (κ2) is 12.9. The second-order valence-electron chi connectivity index (χ2n) is 5.88. The molecule has 0 bridgehead atoms. The number of nitrogens with one attached hydrogen (secondary N) is 2. The molecule has 1 atom stereocenters. The van der Waals surface area contributed by atoms with Crippen molar-refractivity contribution in [2.75, 3.05) is 26.7 Å². The number of hydrogen-bond acceptors (Lipinski definition) is 5. The Labute approximate surface area is 181 Å². The van der Waals surface area contributed by atoms with Crippen molar-refractivity contribution in [3.8, 4) is 0 Å². The summed E-state index contributed by atoms with van der Waals surface area (Å²) in [6.07, 6.45) is 1.42. The van der Waals surface area contributed by atoms with Crippen molar-refractivity contribution in [2.24, 2.45) is 4.99 Å². The molecule has 1 aromatic heterocycles. The molecule has 8 heteroatoms. The number of fused-ring (bicyclic) bond motifs is 1. The first kappa shape index (κ1) is 23.6. The molecular formula is C19H28IN3O3S. The Morgan fingerprint density at radius 3 is 2.78 bits per heavy atom. The smallest absolute Gasteiger partial charge is 0.305 e. The molecule has 0 spiro atoms. The molecule has 150 valence electrons. The van der Waals surface area contributed by atoms with Crippen LogP contribution >= 0.6 is 35.3 Å².